The summed E-state index contributed by atoms with van der Waals surface area (Å²) in [5, 5.41) is 1.25. The fourth-order valence-corrected chi connectivity index (χ4v) is 1.65. The summed E-state index contributed by atoms with van der Waals surface area (Å²) in [4.78, 5) is 4.50. The first-order valence-electron chi connectivity index (χ1n) is 5.04. The Morgan fingerprint density at radius 3 is 2.71 bits per heavy atom. The Balaban J connectivity index is 2.67. The fourth-order valence-electron chi connectivity index (χ4n) is 1.65. The van der Waals surface area contributed by atoms with Crippen molar-refractivity contribution in [3.63, 3.8) is 0 Å². The van der Waals surface area contributed by atoms with Gasteiger partial charge in [0.1, 0.15) is 0 Å². The topological polar surface area (TPSA) is 12.9 Å². The van der Waals surface area contributed by atoms with E-state index < -0.39 is 0 Å². The summed E-state index contributed by atoms with van der Waals surface area (Å²) in [5.41, 5.74) is 3.68. The molecule has 0 radical (unpaired) electrons. The molecule has 1 nitrogen and oxygen atoms in total. The van der Waals surface area contributed by atoms with Gasteiger partial charge in [0.05, 0.1) is 5.52 Å². The molecule has 2 aromatic rings. The van der Waals surface area contributed by atoms with E-state index in [4.69, 9.17) is 0 Å². The standard InChI is InChI=1S/C13H15N/c1-9(2)12-7-11-6-4-5-10(3)13(11)14-8-12/h4-9H,1-3H3. The van der Waals surface area contributed by atoms with E-state index in [-0.39, 0.29) is 0 Å². The van der Waals surface area contributed by atoms with Gasteiger partial charge in [-0.05, 0) is 30.0 Å². The zero-order valence-electron chi connectivity index (χ0n) is 8.91. The van der Waals surface area contributed by atoms with Crippen LogP contribution in [0, 0.1) is 6.92 Å². The number of rotatable bonds is 1. The molecule has 0 fully saturated rings. The van der Waals surface area contributed by atoms with Crippen LogP contribution < -0.4 is 0 Å². The van der Waals surface area contributed by atoms with Gasteiger partial charge in [-0.2, -0.15) is 0 Å². The lowest BCUT2D eigenvalue weighted by Gasteiger charge is -2.07. The number of fused-ring (bicyclic) bond motifs is 1. The van der Waals surface area contributed by atoms with Crippen LogP contribution in [0.1, 0.15) is 30.9 Å². The zero-order valence-corrected chi connectivity index (χ0v) is 8.91. The molecule has 0 bridgehead atoms. The van der Waals surface area contributed by atoms with Crippen LogP contribution in [0.5, 0.6) is 0 Å². The molecule has 0 N–H and O–H groups in total. The van der Waals surface area contributed by atoms with Gasteiger partial charge in [0, 0.05) is 11.6 Å². The molecule has 0 aliphatic heterocycles. The van der Waals surface area contributed by atoms with E-state index in [9.17, 15) is 0 Å². The van der Waals surface area contributed by atoms with Crippen molar-refractivity contribution in [2.75, 3.05) is 0 Å². The lowest BCUT2D eigenvalue weighted by molar-refractivity contribution is 0.862. The third-order valence-corrected chi connectivity index (χ3v) is 2.60. The van der Waals surface area contributed by atoms with E-state index in [1.807, 2.05) is 6.20 Å². The molecule has 0 unspecified atom stereocenters. The third kappa shape index (κ3) is 1.50. The highest BCUT2D eigenvalue weighted by atomic mass is 14.7. The first-order chi connectivity index (χ1) is 6.68. The van der Waals surface area contributed by atoms with Crippen molar-refractivity contribution in [3.05, 3.63) is 41.6 Å². The first-order valence-corrected chi connectivity index (χ1v) is 5.04. The molecule has 0 saturated heterocycles. The summed E-state index contributed by atoms with van der Waals surface area (Å²) >= 11 is 0. The van der Waals surface area contributed by atoms with Gasteiger partial charge in [-0.3, -0.25) is 4.98 Å². The van der Waals surface area contributed by atoms with Crippen LogP contribution in [0.3, 0.4) is 0 Å². The molecule has 0 spiro atoms. The average molecular weight is 185 g/mol. The first kappa shape index (κ1) is 9.20. The lowest BCUT2D eigenvalue weighted by Crippen LogP contribution is -1.90. The van der Waals surface area contributed by atoms with Crippen molar-refractivity contribution >= 4 is 10.9 Å². The Hall–Kier alpha value is -1.37. The Labute approximate surface area is 84.8 Å². The highest BCUT2D eigenvalue weighted by Crippen LogP contribution is 2.20. The second kappa shape index (κ2) is 3.41. The number of para-hydroxylation sites is 1. The minimum Gasteiger partial charge on any atom is -0.256 e. The van der Waals surface area contributed by atoms with E-state index in [0.717, 1.165) is 5.52 Å². The van der Waals surface area contributed by atoms with E-state index in [1.54, 1.807) is 0 Å². The average Bonchev–Trinajstić information content (AvgIpc) is 2.17. The molecule has 72 valence electrons. The van der Waals surface area contributed by atoms with Crippen molar-refractivity contribution in [1.82, 2.24) is 4.98 Å². The zero-order chi connectivity index (χ0) is 10.1. The third-order valence-electron chi connectivity index (χ3n) is 2.60. The monoisotopic (exact) mass is 185 g/mol. The summed E-state index contributed by atoms with van der Waals surface area (Å²) in [6, 6.07) is 8.55. The summed E-state index contributed by atoms with van der Waals surface area (Å²) in [7, 11) is 0. The molecule has 0 saturated carbocycles. The molecule has 2 rings (SSSR count). The van der Waals surface area contributed by atoms with Crippen molar-refractivity contribution in [2.45, 2.75) is 26.7 Å². The Bertz CT molecular complexity index is 458. The van der Waals surface area contributed by atoms with Crippen LogP contribution in [0.2, 0.25) is 0 Å². The Morgan fingerprint density at radius 2 is 2.00 bits per heavy atom. The van der Waals surface area contributed by atoms with Gasteiger partial charge < -0.3 is 0 Å². The summed E-state index contributed by atoms with van der Waals surface area (Å²) in [6.07, 6.45) is 1.99. The Morgan fingerprint density at radius 1 is 1.21 bits per heavy atom. The summed E-state index contributed by atoms with van der Waals surface area (Å²) < 4.78 is 0. The molecule has 0 aliphatic carbocycles. The van der Waals surface area contributed by atoms with Crippen molar-refractivity contribution in [2.24, 2.45) is 0 Å². The highest BCUT2D eigenvalue weighted by molar-refractivity contribution is 5.82. The van der Waals surface area contributed by atoms with Gasteiger partial charge in [-0.1, -0.05) is 32.0 Å². The maximum atomic E-state index is 4.50. The van der Waals surface area contributed by atoms with Gasteiger partial charge in [0.2, 0.25) is 0 Å². The van der Waals surface area contributed by atoms with Crippen LogP contribution in [0.25, 0.3) is 10.9 Å². The predicted octanol–water partition coefficient (Wildman–Crippen LogP) is 3.67. The van der Waals surface area contributed by atoms with E-state index in [0.29, 0.717) is 5.92 Å². The van der Waals surface area contributed by atoms with Crippen LogP contribution in [-0.2, 0) is 0 Å². The largest absolute Gasteiger partial charge is 0.256 e. The number of benzene rings is 1. The fraction of sp³-hybridized carbons (Fsp3) is 0.308. The summed E-state index contributed by atoms with van der Waals surface area (Å²) in [5.74, 6) is 0.549. The van der Waals surface area contributed by atoms with Gasteiger partial charge >= 0.3 is 0 Å². The second-order valence-electron chi connectivity index (χ2n) is 4.07. The molecule has 1 heterocycles. The molecule has 1 heteroatoms. The number of hydrogen-bond donors (Lipinski definition) is 0. The molecule has 1 aromatic carbocycles. The minimum absolute atomic E-state index is 0.549. The minimum atomic E-state index is 0.549. The number of aromatic nitrogens is 1. The number of nitrogens with zero attached hydrogens (tertiary/aromatic N) is 1. The number of hydrogen-bond acceptors (Lipinski definition) is 1. The van der Waals surface area contributed by atoms with Gasteiger partial charge in [0.15, 0.2) is 0 Å². The van der Waals surface area contributed by atoms with Crippen LogP contribution in [0.4, 0.5) is 0 Å². The van der Waals surface area contributed by atoms with Crippen molar-refractivity contribution in [1.29, 1.82) is 0 Å². The van der Waals surface area contributed by atoms with Crippen LogP contribution in [-0.4, -0.2) is 4.98 Å². The summed E-state index contributed by atoms with van der Waals surface area (Å²) in [6.45, 7) is 6.49. The SMILES string of the molecule is Cc1cccc2cc(C(C)C)cnc12. The van der Waals surface area contributed by atoms with Crippen LogP contribution in [0.15, 0.2) is 30.5 Å². The maximum Gasteiger partial charge on any atom is 0.0731 e. The molecular weight excluding hydrogens is 170 g/mol. The maximum absolute atomic E-state index is 4.50. The number of pyridine rings is 1. The molecule has 14 heavy (non-hydrogen) atoms. The highest BCUT2D eigenvalue weighted by Gasteiger charge is 2.02. The van der Waals surface area contributed by atoms with E-state index in [2.05, 4.69) is 50.0 Å². The number of aryl methyl sites for hydroxylation is 1. The molecule has 0 amide bonds. The second-order valence-corrected chi connectivity index (χ2v) is 4.07. The molecule has 1 aromatic heterocycles. The van der Waals surface area contributed by atoms with E-state index in [1.165, 1.54) is 16.5 Å². The van der Waals surface area contributed by atoms with Crippen LogP contribution >= 0.6 is 0 Å². The van der Waals surface area contributed by atoms with Gasteiger partial charge in [-0.25, -0.2) is 0 Å². The smallest absolute Gasteiger partial charge is 0.0731 e. The molecular formula is C13H15N. The predicted molar refractivity (Wildman–Crippen MR) is 60.6 cm³/mol. The van der Waals surface area contributed by atoms with E-state index >= 15 is 0 Å². The lowest BCUT2D eigenvalue weighted by atomic mass is 10.0. The van der Waals surface area contributed by atoms with Gasteiger partial charge in [-0.15, -0.1) is 0 Å². The molecule has 0 atom stereocenters. The Kier molecular flexibility index (Phi) is 2.24. The quantitative estimate of drug-likeness (QED) is 0.660. The van der Waals surface area contributed by atoms with Crippen molar-refractivity contribution < 1.29 is 0 Å². The van der Waals surface area contributed by atoms with Gasteiger partial charge in [0.25, 0.3) is 0 Å². The van der Waals surface area contributed by atoms with Crippen molar-refractivity contribution in [3.8, 4) is 0 Å². The molecule has 0 aliphatic rings. The normalized spacial score (nSPS) is 11.1.